The molecule has 0 aromatic carbocycles. The van der Waals surface area contributed by atoms with E-state index in [0.717, 1.165) is 29.7 Å². The van der Waals surface area contributed by atoms with E-state index in [2.05, 4.69) is 11.8 Å². The predicted molar refractivity (Wildman–Crippen MR) is 72.8 cm³/mol. The monoisotopic (exact) mass is 283 g/mol. The summed E-state index contributed by atoms with van der Waals surface area (Å²) in [6.07, 6.45) is 1.76. The molecule has 0 unspecified atom stereocenters. The number of carbonyl (C=O) groups excluding carboxylic acids is 1. The molecule has 0 radical (unpaired) electrons. The van der Waals surface area contributed by atoms with Crippen molar-refractivity contribution in [1.82, 2.24) is 4.90 Å². The number of primary amides is 1. The summed E-state index contributed by atoms with van der Waals surface area (Å²) in [6.45, 7) is 3.38. The second-order valence-electron chi connectivity index (χ2n) is 5.01. The fourth-order valence-corrected chi connectivity index (χ4v) is 3.13. The molecule has 1 aliphatic rings. The standard InChI is InChI=1S/C12H17N3O3S/c1-8-2-3-10(12(13)16)6-14(8)5-9-4-11(15(17)18)19-7-9/h4,7-8,10H,2-3,5-6H2,1H3,(H2,13,16)/t8-,10+/m1/s1. The minimum atomic E-state index is -0.375. The summed E-state index contributed by atoms with van der Waals surface area (Å²) < 4.78 is 0. The Morgan fingerprint density at radius 1 is 1.63 bits per heavy atom. The van der Waals surface area contributed by atoms with Crippen LogP contribution in [0.25, 0.3) is 0 Å². The third-order valence-corrected chi connectivity index (χ3v) is 4.55. The zero-order chi connectivity index (χ0) is 14.0. The number of nitrogens with zero attached hydrogens (tertiary/aromatic N) is 2. The first-order valence-electron chi connectivity index (χ1n) is 6.22. The van der Waals surface area contributed by atoms with Crippen LogP contribution in [0.15, 0.2) is 11.4 Å². The average Bonchev–Trinajstić information content (AvgIpc) is 2.80. The molecule has 6 nitrogen and oxygen atoms in total. The van der Waals surface area contributed by atoms with E-state index in [-0.39, 0.29) is 21.7 Å². The zero-order valence-electron chi connectivity index (χ0n) is 10.7. The second-order valence-corrected chi connectivity index (χ2v) is 5.90. The van der Waals surface area contributed by atoms with Crippen molar-refractivity contribution in [2.24, 2.45) is 11.7 Å². The minimum absolute atomic E-state index is 0.107. The van der Waals surface area contributed by atoms with Gasteiger partial charge in [0.1, 0.15) is 0 Å². The molecule has 0 spiro atoms. The van der Waals surface area contributed by atoms with Crippen molar-refractivity contribution in [3.05, 3.63) is 27.1 Å². The minimum Gasteiger partial charge on any atom is -0.369 e. The molecule has 104 valence electrons. The van der Waals surface area contributed by atoms with Crippen molar-refractivity contribution >= 4 is 22.2 Å². The Hall–Kier alpha value is -1.47. The Morgan fingerprint density at radius 3 is 2.95 bits per heavy atom. The first-order valence-corrected chi connectivity index (χ1v) is 7.10. The van der Waals surface area contributed by atoms with E-state index in [1.54, 1.807) is 11.4 Å². The summed E-state index contributed by atoms with van der Waals surface area (Å²) in [5.41, 5.74) is 6.28. The Balaban J connectivity index is 2.03. The van der Waals surface area contributed by atoms with Gasteiger partial charge in [0.25, 0.3) is 0 Å². The van der Waals surface area contributed by atoms with Crippen LogP contribution in [0.4, 0.5) is 5.00 Å². The van der Waals surface area contributed by atoms with Crippen LogP contribution >= 0.6 is 11.3 Å². The van der Waals surface area contributed by atoms with Crippen molar-refractivity contribution < 1.29 is 9.72 Å². The number of nitrogens with two attached hydrogens (primary N) is 1. The molecule has 0 aliphatic carbocycles. The number of piperidine rings is 1. The molecule has 2 rings (SSSR count). The summed E-state index contributed by atoms with van der Waals surface area (Å²) in [7, 11) is 0. The lowest BCUT2D eigenvalue weighted by Gasteiger charge is -2.36. The van der Waals surface area contributed by atoms with Gasteiger partial charge >= 0.3 is 5.00 Å². The molecule has 2 heterocycles. The number of thiophene rings is 1. The number of rotatable bonds is 4. The maximum absolute atomic E-state index is 11.3. The Bertz CT molecular complexity index is 488. The van der Waals surface area contributed by atoms with E-state index < -0.39 is 0 Å². The van der Waals surface area contributed by atoms with E-state index in [4.69, 9.17) is 5.73 Å². The van der Waals surface area contributed by atoms with Crippen molar-refractivity contribution in [3.63, 3.8) is 0 Å². The van der Waals surface area contributed by atoms with Crippen LogP contribution in [-0.4, -0.2) is 28.3 Å². The van der Waals surface area contributed by atoms with Gasteiger partial charge in [-0.25, -0.2) is 0 Å². The second kappa shape index (κ2) is 5.66. The molecule has 1 aliphatic heterocycles. The van der Waals surface area contributed by atoms with Gasteiger partial charge in [-0.15, -0.1) is 0 Å². The van der Waals surface area contributed by atoms with Gasteiger partial charge in [0, 0.05) is 30.6 Å². The van der Waals surface area contributed by atoms with E-state index >= 15 is 0 Å². The van der Waals surface area contributed by atoms with Crippen LogP contribution in [0.5, 0.6) is 0 Å². The predicted octanol–water partition coefficient (Wildman–Crippen LogP) is 1.74. The fourth-order valence-electron chi connectivity index (χ4n) is 2.41. The van der Waals surface area contributed by atoms with Gasteiger partial charge in [0.05, 0.1) is 10.8 Å². The van der Waals surface area contributed by atoms with Crippen molar-refractivity contribution in [2.75, 3.05) is 6.54 Å². The molecule has 19 heavy (non-hydrogen) atoms. The van der Waals surface area contributed by atoms with Crippen LogP contribution in [-0.2, 0) is 11.3 Å². The first-order chi connectivity index (χ1) is 8.97. The van der Waals surface area contributed by atoms with Gasteiger partial charge in [0.2, 0.25) is 5.91 Å². The van der Waals surface area contributed by atoms with Crippen molar-refractivity contribution in [3.8, 4) is 0 Å². The highest BCUT2D eigenvalue weighted by Gasteiger charge is 2.28. The third kappa shape index (κ3) is 3.30. The molecule has 1 amide bonds. The SMILES string of the molecule is C[C@@H]1CC[C@H](C(N)=O)CN1Cc1csc([N+](=O)[O-])c1. The summed E-state index contributed by atoms with van der Waals surface area (Å²) in [4.78, 5) is 23.7. The van der Waals surface area contributed by atoms with Crippen LogP contribution in [0.1, 0.15) is 25.3 Å². The molecule has 7 heteroatoms. The molecule has 1 fully saturated rings. The molecule has 0 bridgehead atoms. The van der Waals surface area contributed by atoms with E-state index in [1.807, 2.05) is 0 Å². The van der Waals surface area contributed by atoms with E-state index in [0.29, 0.717) is 19.1 Å². The largest absolute Gasteiger partial charge is 0.369 e. The van der Waals surface area contributed by atoms with Crippen LogP contribution in [0, 0.1) is 16.0 Å². The lowest BCUT2D eigenvalue weighted by molar-refractivity contribution is -0.380. The highest BCUT2D eigenvalue weighted by molar-refractivity contribution is 7.13. The Morgan fingerprint density at radius 2 is 2.37 bits per heavy atom. The summed E-state index contributed by atoms with van der Waals surface area (Å²) >= 11 is 1.14. The van der Waals surface area contributed by atoms with Crippen molar-refractivity contribution in [2.45, 2.75) is 32.4 Å². The van der Waals surface area contributed by atoms with Crippen LogP contribution < -0.4 is 5.73 Å². The lowest BCUT2D eigenvalue weighted by Crippen LogP contribution is -2.45. The Kier molecular flexibility index (Phi) is 4.16. The maximum Gasteiger partial charge on any atom is 0.324 e. The molecular weight excluding hydrogens is 266 g/mol. The third-order valence-electron chi connectivity index (χ3n) is 3.62. The fraction of sp³-hybridized carbons (Fsp3) is 0.583. The molecule has 1 aromatic heterocycles. The lowest BCUT2D eigenvalue weighted by atomic mass is 9.92. The number of amides is 1. The zero-order valence-corrected chi connectivity index (χ0v) is 11.6. The van der Waals surface area contributed by atoms with Gasteiger partial charge in [-0.1, -0.05) is 11.3 Å². The van der Waals surface area contributed by atoms with Gasteiger partial charge in [-0.05, 0) is 25.3 Å². The molecule has 0 saturated carbocycles. The summed E-state index contributed by atoms with van der Waals surface area (Å²) in [5, 5.41) is 12.6. The quantitative estimate of drug-likeness (QED) is 0.673. The molecule has 2 N–H and O–H groups in total. The van der Waals surface area contributed by atoms with Crippen LogP contribution in [0.2, 0.25) is 0 Å². The van der Waals surface area contributed by atoms with Gasteiger partial charge in [0.15, 0.2) is 0 Å². The summed E-state index contributed by atoms with van der Waals surface area (Å²) in [5.74, 6) is -0.363. The van der Waals surface area contributed by atoms with E-state index in [9.17, 15) is 14.9 Å². The molecule has 2 atom stereocenters. The molecule has 1 saturated heterocycles. The number of nitro groups is 1. The number of likely N-dealkylation sites (tertiary alicyclic amines) is 1. The average molecular weight is 283 g/mol. The number of hydrogen-bond donors (Lipinski definition) is 1. The number of hydrogen-bond acceptors (Lipinski definition) is 5. The number of carbonyl (C=O) groups is 1. The van der Waals surface area contributed by atoms with Crippen LogP contribution in [0.3, 0.4) is 0 Å². The van der Waals surface area contributed by atoms with Crippen molar-refractivity contribution in [1.29, 1.82) is 0 Å². The molecular formula is C12H17N3O3S. The van der Waals surface area contributed by atoms with Gasteiger partial charge in [-0.3, -0.25) is 19.8 Å². The normalized spacial score (nSPS) is 24.3. The highest BCUT2D eigenvalue weighted by atomic mass is 32.1. The van der Waals surface area contributed by atoms with Gasteiger partial charge in [-0.2, -0.15) is 0 Å². The topological polar surface area (TPSA) is 89.5 Å². The van der Waals surface area contributed by atoms with E-state index in [1.165, 1.54) is 0 Å². The summed E-state index contributed by atoms with van der Waals surface area (Å²) in [6, 6.07) is 1.97. The van der Waals surface area contributed by atoms with Gasteiger partial charge < -0.3 is 5.73 Å². The molecule has 1 aromatic rings. The Labute approximate surface area is 115 Å². The first kappa shape index (κ1) is 14.0. The smallest absolute Gasteiger partial charge is 0.324 e. The maximum atomic E-state index is 11.3. The highest BCUT2D eigenvalue weighted by Crippen LogP contribution is 2.27.